The van der Waals surface area contributed by atoms with Crippen LogP contribution in [0.15, 0.2) is 47.3 Å². The SMILES string of the molecule is COC(=O)c1c(O)sc2cc(-c3ccc(F)cc3)ccc2c1=O. The molecule has 0 aliphatic rings. The Morgan fingerprint density at radius 2 is 1.78 bits per heavy atom. The van der Waals surface area contributed by atoms with Crippen molar-refractivity contribution in [3.8, 4) is 16.2 Å². The third-order valence-electron chi connectivity index (χ3n) is 3.44. The van der Waals surface area contributed by atoms with Gasteiger partial charge in [-0.15, -0.1) is 0 Å². The second-order valence-electron chi connectivity index (χ2n) is 4.82. The normalized spacial score (nSPS) is 10.7. The van der Waals surface area contributed by atoms with Crippen molar-refractivity contribution in [2.24, 2.45) is 0 Å². The third-order valence-corrected chi connectivity index (χ3v) is 4.40. The Kier molecular flexibility index (Phi) is 3.83. The van der Waals surface area contributed by atoms with Gasteiger partial charge in [-0.1, -0.05) is 29.5 Å². The molecule has 3 aromatic rings. The van der Waals surface area contributed by atoms with Gasteiger partial charge >= 0.3 is 5.97 Å². The highest BCUT2D eigenvalue weighted by Gasteiger charge is 2.20. The molecule has 6 heteroatoms. The van der Waals surface area contributed by atoms with E-state index in [-0.39, 0.29) is 16.4 Å². The van der Waals surface area contributed by atoms with Crippen LogP contribution in [0.1, 0.15) is 10.4 Å². The zero-order valence-corrected chi connectivity index (χ0v) is 12.8. The smallest absolute Gasteiger partial charge is 0.346 e. The number of ether oxygens (including phenoxy) is 1. The highest BCUT2D eigenvalue weighted by atomic mass is 32.1. The maximum absolute atomic E-state index is 13.0. The van der Waals surface area contributed by atoms with Crippen LogP contribution in [0.2, 0.25) is 0 Å². The average molecular weight is 330 g/mol. The summed E-state index contributed by atoms with van der Waals surface area (Å²) in [5.74, 6) is -1.20. The summed E-state index contributed by atoms with van der Waals surface area (Å²) in [4.78, 5) is 23.9. The molecule has 1 N–H and O–H groups in total. The number of rotatable bonds is 2. The lowest BCUT2D eigenvalue weighted by Crippen LogP contribution is -2.15. The Balaban J connectivity index is 2.20. The summed E-state index contributed by atoms with van der Waals surface area (Å²) in [6.45, 7) is 0. The zero-order chi connectivity index (χ0) is 16.6. The van der Waals surface area contributed by atoms with Gasteiger partial charge in [-0.2, -0.15) is 0 Å². The van der Waals surface area contributed by atoms with Gasteiger partial charge in [-0.25, -0.2) is 9.18 Å². The summed E-state index contributed by atoms with van der Waals surface area (Å²) in [7, 11) is 1.15. The molecular weight excluding hydrogens is 319 g/mol. The van der Waals surface area contributed by atoms with E-state index >= 15 is 0 Å². The van der Waals surface area contributed by atoms with E-state index in [1.165, 1.54) is 12.1 Å². The molecule has 0 spiro atoms. The molecule has 23 heavy (non-hydrogen) atoms. The quantitative estimate of drug-likeness (QED) is 0.730. The van der Waals surface area contributed by atoms with E-state index in [9.17, 15) is 19.1 Å². The Labute approximate surface area is 134 Å². The number of halogens is 1. The lowest BCUT2D eigenvalue weighted by atomic mass is 10.0. The molecule has 4 nitrogen and oxygen atoms in total. The van der Waals surface area contributed by atoms with Crippen LogP contribution in [0.25, 0.3) is 21.2 Å². The highest BCUT2D eigenvalue weighted by Crippen LogP contribution is 2.31. The second kappa shape index (κ2) is 5.81. The molecule has 0 radical (unpaired) electrons. The van der Waals surface area contributed by atoms with Crippen LogP contribution < -0.4 is 5.43 Å². The molecule has 116 valence electrons. The van der Waals surface area contributed by atoms with E-state index in [1.807, 2.05) is 0 Å². The predicted molar refractivity (Wildman–Crippen MR) is 86.5 cm³/mol. The minimum absolute atomic E-state index is 0.319. The number of fused-ring (bicyclic) bond motifs is 1. The van der Waals surface area contributed by atoms with Gasteiger partial charge in [0.2, 0.25) is 5.43 Å². The van der Waals surface area contributed by atoms with Crippen LogP contribution in [0.4, 0.5) is 4.39 Å². The van der Waals surface area contributed by atoms with Crippen LogP contribution in [0, 0.1) is 5.82 Å². The molecule has 0 aliphatic carbocycles. The molecule has 0 amide bonds. The topological polar surface area (TPSA) is 63.6 Å². The Hall–Kier alpha value is -2.73. The maximum atomic E-state index is 13.0. The number of benzene rings is 2. The maximum Gasteiger partial charge on any atom is 0.346 e. The number of aromatic hydroxyl groups is 1. The Morgan fingerprint density at radius 3 is 2.43 bits per heavy atom. The van der Waals surface area contributed by atoms with Crippen molar-refractivity contribution in [2.45, 2.75) is 0 Å². The van der Waals surface area contributed by atoms with Gasteiger partial charge in [0.25, 0.3) is 0 Å². The summed E-state index contributed by atoms with van der Waals surface area (Å²) in [6, 6.07) is 11.0. The molecule has 0 saturated heterocycles. The van der Waals surface area contributed by atoms with Crippen LogP contribution in [-0.4, -0.2) is 18.2 Å². The first-order valence-electron chi connectivity index (χ1n) is 6.65. The summed E-state index contributed by atoms with van der Waals surface area (Å²) < 4.78 is 18.1. The van der Waals surface area contributed by atoms with Crippen molar-refractivity contribution < 1.29 is 19.0 Å². The van der Waals surface area contributed by atoms with Crippen molar-refractivity contribution in [2.75, 3.05) is 7.11 Å². The van der Waals surface area contributed by atoms with E-state index in [0.717, 1.165) is 29.6 Å². The minimum Gasteiger partial charge on any atom is -0.499 e. The monoisotopic (exact) mass is 330 g/mol. The summed E-state index contributed by atoms with van der Waals surface area (Å²) >= 11 is 0.919. The van der Waals surface area contributed by atoms with Gasteiger partial charge in [0, 0.05) is 10.1 Å². The average Bonchev–Trinajstić information content (AvgIpc) is 2.54. The van der Waals surface area contributed by atoms with Gasteiger partial charge in [0.05, 0.1) is 7.11 Å². The molecule has 0 fully saturated rings. The number of hydrogen-bond donors (Lipinski definition) is 1. The summed E-state index contributed by atoms with van der Waals surface area (Å²) in [6.07, 6.45) is 0. The van der Waals surface area contributed by atoms with Crippen molar-refractivity contribution >= 4 is 27.4 Å². The fourth-order valence-electron chi connectivity index (χ4n) is 2.29. The van der Waals surface area contributed by atoms with Crippen molar-refractivity contribution in [1.82, 2.24) is 0 Å². The first-order valence-corrected chi connectivity index (χ1v) is 7.47. The molecule has 0 bridgehead atoms. The third kappa shape index (κ3) is 2.68. The van der Waals surface area contributed by atoms with Crippen LogP contribution in [0.3, 0.4) is 0 Å². The van der Waals surface area contributed by atoms with E-state index in [2.05, 4.69) is 4.74 Å². The first kappa shape index (κ1) is 15.2. The van der Waals surface area contributed by atoms with Crippen LogP contribution in [0.5, 0.6) is 5.06 Å². The van der Waals surface area contributed by atoms with Crippen molar-refractivity contribution in [3.05, 3.63) is 64.1 Å². The van der Waals surface area contributed by atoms with Gasteiger partial charge in [-0.05, 0) is 35.4 Å². The molecule has 2 aromatic carbocycles. The summed E-state index contributed by atoms with van der Waals surface area (Å²) in [5, 5.41) is 9.89. The first-order chi connectivity index (χ1) is 11.0. The lowest BCUT2D eigenvalue weighted by Gasteiger charge is -2.06. The number of esters is 1. The van der Waals surface area contributed by atoms with Crippen LogP contribution in [-0.2, 0) is 4.74 Å². The van der Waals surface area contributed by atoms with Crippen molar-refractivity contribution in [3.63, 3.8) is 0 Å². The molecule has 0 saturated carbocycles. The lowest BCUT2D eigenvalue weighted by molar-refractivity contribution is 0.0597. The zero-order valence-electron chi connectivity index (χ0n) is 12.0. The van der Waals surface area contributed by atoms with Crippen molar-refractivity contribution in [1.29, 1.82) is 0 Å². The van der Waals surface area contributed by atoms with Crippen LogP contribution >= 0.6 is 11.3 Å². The number of carbonyl (C=O) groups is 1. The predicted octanol–water partition coefficient (Wildman–Crippen LogP) is 3.56. The Morgan fingerprint density at radius 1 is 1.13 bits per heavy atom. The molecule has 0 atom stereocenters. The van der Waals surface area contributed by atoms with Gasteiger partial charge in [0.15, 0.2) is 10.6 Å². The fourth-order valence-corrected chi connectivity index (χ4v) is 3.23. The number of methoxy groups -OCH3 is 1. The van der Waals surface area contributed by atoms with E-state index in [4.69, 9.17) is 0 Å². The second-order valence-corrected chi connectivity index (χ2v) is 5.85. The largest absolute Gasteiger partial charge is 0.499 e. The molecule has 3 rings (SSSR count). The Bertz CT molecular complexity index is 961. The van der Waals surface area contributed by atoms with E-state index in [0.29, 0.717) is 10.1 Å². The number of carbonyl (C=O) groups excluding carboxylic acids is 1. The highest BCUT2D eigenvalue weighted by molar-refractivity contribution is 7.20. The summed E-state index contributed by atoms with van der Waals surface area (Å²) in [5.41, 5.74) is 0.621. The van der Waals surface area contributed by atoms with Gasteiger partial charge in [0.1, 0.15) is 5.82 Å². The standard InChI is InChI=1S/C17H11FO4S/c1-22-16(20)14-15(19)12-7-4-10(8-13(12)23-17(14)21)9-2-5-11(18)6-3-9/h2-8,21H,1H3. The minimum atomic E-state index is -0.867. The van der Waals surface area contributed by atoms with Gasteiger partial charge in [-0.3, -0.25) is 4.79 Å². The fraction of sp³-hybridized carbons (Fsp3) is 0.0588. The molecule has 1 aromatic heterocycles. The van der Waals surface area contributed by atoms with E-state index < -0.39 is 11.4 Å². The molecule has 0 unspecified atom stereocenters. The van der Waals surface area contributed by atoms with Gasteiger partial charge < -0.3 is 9.84 Å². The molecule has 1 heterocycles. The number of hydrogen-bond acceptors (Lipinski definition) is 5. The molecular formula is C17H11FO4S. The van der Waals surface area contributed by atoms with E-state index in [1.54, 1.807) is 30.3 Å². The molecule has 0 aliphatic heterocycles.